The minimum Gasteiger partial charge on any atom is -0.384 e. The Balaban J connectivity index is 2.06. The second kappa shape index (κ2) is 5.31. The Morgan fingerprint density at radius 1 is 1.06 bits per heavy atom. The summed E-state index contributed by atoms with van der Waals surface area (Å²) in [5.74, 6) is 0. The van der Waals surface area contributed by atoms with E-state index in [-0.39, 0.29) is 0 Å². The maximum atomic E-state index is 3.70. The van der Waals surface area contributed by atoms with Gasteiger partial charge in [0.05, 0.1) is 0 Å². The van der Waals surface area contributed by atoms with Crippen LogP contribution in [-0.2, 0) is 0 Å². The number of aryl methyl sites for hydroxylation is 3. The van der Waals surface area contributed by atoms with Crippen molar-refractivity contribution < 1.29 is 0 Å². The van der Waals surface area contributed by atoms with Gasteiger partial charge in [0.2, 0.25) is 0 Å². The number of nitrogens with one attached hydrogen (secondary N) is 2. The van der Waals surface area contributed by atoms with Crippen molar-refractivity contribution in [3.05, 3.63) is 28.8 Å². The van der Waals surface area contributed by atoms with Crippen molar-refractivity contribution in [2.24, 2.45) is 5.41 Å². The van der Waals surface area contributed by atoms with E-state index in [0.29, 0.717) is 5.41 Å². The lowest BCUT2D eigenvalue weighted by atomic mass is 9.68. The number of hydrogen-bond acceptors (Lipinski definition) is 2. The first-order valence-electron chi connectivity index (χ1n) is 7.03. The molecule has 2 N–H and O–H groups in total. The van der Waals surface area contributed by atoms with Gasteiger partial charge in [0, 0.05) is 24.2 Å². The van der Waals surface area contributed by atoms with E-state index in [4.69, 9.17) is 0 Å². The fourth-order valence-corrected chi connectivity index (χ4v) is 3.20. The number of benzene rings is 1. The maximum absolute atomic E-state index is 3.70. The molecule has 1 aromatic carbocycles. The van der Waals surface area contributed by atoms with E-state index in [9.17, 15) is 0 Å². The molecule has 0 radical (unpaired) electrons. The number of hydrogen-bond donors (Lipinski definition) is 2. The Morgan fingerprint density at radius 2 is 1.67 bits per heavy atom. The van der Waals surface area contributed by atoms with Crippen molar-refractivity contribution in [1.82, 2.24) is 5.32 Å². The van der Waals surface area contributed by atoms with E-state index in [1.807, 2.05) is 0 Å². The van der Waals surface area contributed by atoms with Crippen LogP contribution in [0.2, 0.25) is 0 Å². The summed E-state index contributed by atoms with van der Waals surface area (Å²) >= 11 is 0. The highest BCUT2D eigenvalue weighted by Crippen LogP contribution is 2.40. The molecule has 0 aromatic heterocycles. The Hall–Kier alpha value is -1.02. The van der Waals surface area contributed by atoms with Crippen LogP contribution in [0.5, 0.6) is 0 Å². The zero-order valence-corrected chi connectivity index (χ0v) is 12.2. The van der Waals surface area contributed by atoms with Crippen LogP contribution in [0, 0.1) is 26.2 Å². The first-order chi connectivity index (χ1) is 8.56. The molecule has 0 heterocycles. The fourth-order valence-electron chi connectivity index (χ4n) is 3.20. The summed E-state index contributed by atoms with van der Waals surface area (Å²) < 4.78 is 0. The van der Waals surface area contributed by atoms with Crippen molar-refractivity contribution in [3.8, 4) is 0 Å². The molecule has 1 fully saturated rings. The normalized spacial score (nSPS) is 17.3. The topological polar surface area (TPSA) is 24.1 Å². The van der Waals surface area contributed by atoms with Gasteiger partial charge in [-0.3, -0.25) is 0 Å². The molecule has 0 aliphatic heterocycles. The molecular weight excluding hydrogens is 220 g/mol. The van der Waals surface area contributed by atoms with E-state index < -0.39 is 0 Å². The van der Waals surface area contributed by atoms with E-state index in [1.165, 1.54) is 41.6 Å². The van der Waals surface area contributed by atoms with Gasteiger partial charge >= 0.3 is 0 Å². The van der Waals surface area contributed by atoms with Crippen molar-refractivity contribution in [1.29, 1.82) is 0 Å². The third-order valence-corrected chi connectivity index (χ3v) is 4.28. The molecule has 0 atom stereocenters. The summed E-state index contributed by atoms with van der Waals surface area (Å²) in [5.41, 5.74) is 5.91. The minimum absolute atomic E-state index is 0.485. The van der Waals surface area contributed by atoms with Crippen molar-refractivity contribution in [2.45, 2.75) is 40.0 Å². The van der Waals surface area contributed by atoms with E-state index in [1.54, 1.807) is 0 Å². The van der Waals surface area contributed by atoms with Gasteiger partial charge in [-0.05, 0) is 51.8 Å². The highest BCUT2D eigenvalue weighted by molar-refractivity contribution is 5.58. The number of rotatable bonds is 5. The Kier molecular flexibility index (Phi) is 3.96. The molecular formula is C16H26N2. The molecule has 0 amide bonds. The lowest BCUT2D eigenvalue weighted by Crippen LogP contribution is -2.44. The average Bonchev–Trinajstić information content (AvgIpc) is 2.23. The van der Waals surface area contributed by atoms with Crippen molar-refractivity contribution >= 4 is 5.69 Å². The van der Waals surface area contributed by atoms with E-state index >= 15 is 0 Å². The molecule has 1 aliphatic rings. The molecule has 2 nitrogen and oxygen atoms in total. The van der Waals surface area contributed by atoms with Crippen LogP contribution in [0.25, 0.3) is 0 Å². The zero-order chi connectivity index (χ0) is 13.2. The maximum Gasteiger partial charge on any atom is 0.0399 e. The molecule has 2 heteroatoms. The highest BCUT2D eigenvalue weighted by Gasteiger charge is 2.36. The largest absolute Gasteiger partial charge is 0.384 e. The predicted molar refractivity (Wildman–Crippen MR) is 79.4 cm³/mol. The Labute approximate surface area is 111 Å². The summed E-state index contributed by atoms with van der Waals surface area (Å²) in [6.07, 6.45) is 4.09. The minimum atomic E-state index is 0.485. The second-order valence-electron chi connectivity index (χ2n) is 6.01. The summed E-state index contributed by atoms with van der Waals surface area (Å²) in [6.45, 7) is 8.79. The van der Waals surface area contributed by atoms with Crippen LogP contribution in [0.3, 0.4) is 0 Å². The summed E-state index contributed by atoms with van der Waals surface area (Å²) in [5, 5.41) is 7.04. The van der Waals surface area contributed by atoms with Crippen LogP contribution < -0.4 is 10.6 Å². The van der Waals surface area contributed by atoms with Crippen molar-refractivity contribution in [2.75, 3.05) is 25.5 Å². The average molecular weight is 246 g/mol. The number of anilines is 1. The van der Waals surface area contributed by atoms with Crippen LogP contribution in [0.1, 0.15) is 36.0 Å². The third kappa shape index (κ3) is 2.69. The molecule has 18 heavy (non-hydrogen) atoms. The fraction of sp³-hybridized carbons (Fsp3) is 0.625. The van der Waals surface area contributed by atoms with E-state index in [2.05, 4.69) is 50.6 Å². The van der Waals surface area contributed by atoms with Crippen LogP contribution in [0.15, 0.2) is 12.1 Å². The lowest BCUT2D eigenvalue weighted by molar-refractivity contribution is 0.151. The van der Waals surface area contributed by atoms with Gasteiger partial charge < -0.3 is 10.6 Å². The molecule has 100 valence electrons. The smallest absolute Gasteiger partial charge is 0.0399 e. The predicted octanol–water partition coefficient (Wildman–Crippen LogP) is 3.41. The van der Waals surface area contributed by atoms with Gasteiger partial charge in [0.1, 0.15) is 0 Å². The molecule has 0 saturated heterocycles. The summed E-state index contributed by atoms with van der Waals surface area (Å²) in [6, 6.07) is 4.53. The van der Waals surface area contributed by atoms with Gasteiger partial charge in [0.25, 0.3) is 0 Å². The quantitative estimate of drug-likeness (QED) is 0.832. The second-order valence-corrected chi connectivity index (χ2v) is 6.01. The Morgan fingerprint density at radius 3 is 2.11 bits per heavy atom. The van der Waals surface area contributed by atoms with Crippen LogP contribution in [-0.4, -0.2) is 20.1 Å². The molecule has 0 bridgehead atoms. The summed E-state index contributed by atoms with van der Waals surface area (Å²) in [7, 11) is 2.06. The van der Waals surface area contributed by atoms with Gasteiger partial charge in [-0.15, -0.1) is 0 Å². The monoisotopic (exact) mass is 246 g/mol. The van der Waals surface area contributed by atoms with Gasteiger partial charge in [0.15, 0.2) is 0 Å². The SMILES string of the molecule is CNCC1(CNc2c(C)cc(C)cc2C)CCC1. The van der Waals surface area contributed by atoms with Crippen molar-refractivity contribution in [3.63, 3.8) is 0 Å². The standard InChI is InChI=1S/C16H26N2/c1-12-8-13(2)15(14(3)9-12)18-11-16(10-17-4)6-5-7-16/h8-9,17-18H,5-7,10-11H2,1-4H3. The van der Waals surface area contributed by atoms with Gasteiger partial charge in [-0.1, -0.05) is 24.1 Å². The first kappa shape index (κ1) is 13.4. The molecule has 2 rings (SSSR count). The van der Waals surface area contributed by atoms with Gasteiger partial charge in [-0.2, -0.15) is 0 Å². The third-order valence-electron chi connectivity index (χ3n) is 4.28. The summed E-state index contributed by atoms with van der Waals surface area (Å²) in [4.78, 5) is 0. The van der Waals surface area contributed by atoms with Gasteiger partial charge in [-0.25, -0.2) is 0 Å². The van der Waals surface area contributed by atoms with Crippen LogP contribution >= 0.6 is 0 Å². The van der Waals surface area contributed by atoms with Crippen LogP contribution in [0.4, 0.5) is 5.69 Å². The van der Waals surface area contributed by atoms with E-state index in [0.717, 1.165) is 13.1 Å². The molecule has 0 spiro atoms. The molecule has 1 saturated carbocycles. The lowest BCUT2D eigenvalue weighted by Gasteiger charge is -2.42. The molecule has 1 aromatic rings. The zero-order valence-electron chi connectivity index (χ0n) is 12.2. The molecule has 0 unspecified atom stereocenters. The Bertz CT molecular complexity index is 396. The molecule has 1 aliphatic carbocycles. The first-order valence-corrected chi connectivity index (χ1v) is 7.03. The highest BCUT2D eigenvalue weighted by atomic mass is 14.9.